The number of carbonyl (C=O) groups is 1. The first kappa shape index (κ1) is 20.4. The minimum absolute atomic E-state index is 0.0613. The van der Waals surface area contributed by atoms with Gasteiger partial charge >= 0.3 is 0 Å². The fraction of sp³-hybridized carbons (Fsp3) is 0.400. The van der Waals surface area contributed by atoms with Crippen LogP contribution in [0.4, 0.5) is 5.13 Å². The van der Waals surface area contributed by atoms with Gasteiger partial charge in [-0.1, -0.05) is 17.4 Å². The average molecular weight is 420 g/mol. The molecule has 150 valence electrons. The summed E-state index contributed by atoms with van der Waals surface area (Å²) in [7, 11) is 5.54. The van der Waals surface area contributed by atoms with E-state index in [-0.39, 0.29) is 18.1 Å². The third kappa shape index (κ3) is 4.39. The maximum absolute atomic E-state index is 12.7. The molecule has 1 amide bonds. The van der Waals surface area contributed by atoms with E-state index in [1.165, 1.54) is 11.3 Å². The van der Waals surface area contributed by atoms with Crippen LogP contribution in [0.15, 0.2) is 24.3 Å². The van der Waals surface area contributed by atoms with Crippen molar-refractivity contribution in [3.8, 4) is 11.5 Å². The van der Waals surface area contributed by atoms with Gasteiger partial charge in [-0.05, 0) is 44.5 Å². The van der Waals surface area contributed by atoms with Crippen LogP contribution in [-0.2, 0) is 0 Å². The molecular weight excluding hydrogens is 394 g/mol. The number of hydrogen-bond donors (Lipinski definition) is 1. The van der Waals surface area contributed by atoms with Crippen molar-refractivity contribution in [3.05, 3.63) is 34.7 Å². The van der Waals surface area contributed by atoms with Gasteiger partial charge in [0.1, 0.15) is 4.83 Å². The smallest absolute Gasteiger partial charge is 0.261 e. The maximum Gasteiger partial charge on any atom is 0.261 e. The number of rotatable bonds is 7. The molecule has 0 saturated heterocycles. The van der Waals surface area contributed by atoms with E-state index < -0.39 is 0 Å². The number of anilines is 1. The van der Waals surface area contributed by atoms with Crippen molar-refractivity contribution in [1.29, 1.82) is 0 Å². The largest absolute Gasteiger partial charge is 0.493 e. The SMILES string of the molecule is COc1cc(C(C)NC(=O)c2cc3sc(N(C)C)nc3s2)ccc1OC(C)C. The van der Waals surface area contributed by atoms with Crippen LogP contribution < -0.4 is 19.7 Å². The number of nitrogens with zero attached hydrogens (tertiary/aromatic N) is 2. The number of methoxy groups -OCH3 is 1. The topological polar surface area (TPSA) is 63.7 Å². The molecule has 0 bridgehead atoms. The molecule has 28 heavy (non-hydrogen) atoms. The van der Waals surface area contributed by atoms with E-state index in [2.05, 4.69) is 10.3 Å². The molecule has 0 aliphatic carbocycles. The molecule has 0 aliphatic rings. The lowest BCUT2D eigenvalue weighted by Gasteiger charge is -2.18. The van der Waals surface area contributed by atoms with Crippen LogP contribution in [0.2, 0.25) is 0 Å². The third-order valence-corrected chi connectivity index (χ3v) is 6.41. The second-order valence-electron chi connectivity index (χ2n) is 6.94. The molecule has 0 radical (unpaired) electrons. The van der Waals surface area contributed by atoms with Gasteiger partial charge in [-0.2, -0.15) is 0 Å². The van der Waals surface area contributed by atoms with Gasteiger partial charge in [0.15, 0.2) is 16.6 Å². The number of amides is 1. The van der Waals surface area contributed by atoms with Gasteiger partial charge in [0, 0.05) is 14.1 Å². The van der Waals surface area contributed by atoms with Crippen molar-refractivity contribution in [2.75, 3.05) is 26.1 Å². The Morgan fingerprint density at radius 1 is 1.14 bits per heavy atom. The lowest BCUT2D eigenvalue weighted by Crippen LogP contribution is -2.25. The summed E-state index contributed by atoms with van der Waals surface area (Å²) in [6.45, 7) is 5.89. The van der Waals surface area contributed by atoms with Gasteiger partial charge in [-0.15, -0.1) is 11.3 Å². The van der Waals surface area contributed by atoms with Crippen LogP contribution in [0.1, 0.15) is 42.0 Å². The van der Waals surface area contributed by atoms with Crippen LogP contribution >= 0.6 is 22.7 Å². The molecule has 1 atom stereocenters. The minimum Gasteiger partial charge on any atom is -0.493 e. The molecule has 0 spiro atoms. The summed E-state index contributed by atoms with van der Waals surface area (Å²) in [6, 6.07) is 7.47. The first-order valence-corrected chi connectivity index (χ1v) is 10.6. The van der Waals surface area contributed by atoms with Gasteiger partial charge in [0.05, 0.1) is 28.8 Å². The van der Waals surface area contributed by atoms with Crippen LogP contribution in [-0.4, -0.2) is 38.2 Å². The van der Waals surface area contributed by atoms with E-state index >= 15 is 0 Å². The van der Waals surface area contributed by atoms with E-state index in [1.54, 1.807) is 18.4 Å². The summed E-state index contributed by atoms with van der Waals surface area (Å²) in [4.78, 5) is 20.8. The Balaban J connectivity index is 1.74. The van der Waals surface area contributed by atoms with Crippen LogP contribution in [0.3, 0.4) is 0 Å². The number of hydrogen-bond acceptors (Lipinski definition) is 7. The van der Waals surface area contributed by atoms with Crippen molar-refractivity contribution < 1.29 is 14.3 Å². The highest BCUT2D eigenvalue weighted by Gasteiger charge is 2.18. The van der Waals surface area contributed by atoms with Gasteiger partial charge in [0.2, 0.25) is 0 Å². The monoisotopic (exact) mass is 419 g/mol. The van der Waals surface area contributed by atoms with Crippen molar-refractivity contribution >= 4 is 43.2 Å². The Morgan fingerprint density at radius 2 is 1.89 bits per heavy atom. The second-order valence-corrected chi connectivity index (χ2v) is 8.98. The minimum atomic E-state index is -0.167. The molecular formula is C20H25N3O3S2. The Bertz CT molecular complexity index is 947. The Hall–Kier alpha value is -2.32. The second kappa shape index (κ2) is 8.36. The molecule has 3 rings (SSSR count). The highest BCUT2D eigenvalue weighted by molar-refractivity contribution is 7.29. The highest BCUT2D eigenvalue weighted by Crippen LogP contribution is 2.34. The predicted octanol–water partition coefficient (Wildman–Crippen LogP) is 4.71. The number of carbonyl (C=O) groups excluding carboxylic acids is 1. The van der Waals surface area contributed by atoms with Crippen molar-refractivity contribution in [2.24, 2.45) is 0 Å². The average Bonchev–Trinajstić information content (AvgIpc) is 3.20. The van der Waals surface area contributed by atoms with Gasteiger partial charge in [-0.3, -0.25) is 4.79 Å². The van der Waals surface area contributed by atoms with Gasteiger partial charge in [0.25, 0.3) is 5.91 Å². The van der Waals surface area contributed by atoms with E-state index in [9.17, 15) is 4.79 Å². The molecule has 6 nitrogen and oxygen atoms in total. The van der Waals surface area contributed by atoms with E-state index in [0.717, 1.165) is 20.2 Å². The zero-order valence-corrected chi connectivity index (χ0v) is 18.5. The summed E-state index contributed by atoms with van der Waals surface area (Å²) in [6.07, 6.45) is 0.0613. The molecule has 1 N–H and O–H groups in total. The van der Waals surface area contributed by atoms with Gasteiger partial charge < -0.3 is 19.7 Å². The Labute approximate surface area is 173 Å². The van der Waals surface area contributed by atoms with Crippen LogP contribution in [0, 0.1) is 0 Å². The fourth-order valence-corrected chi connectivity index (χ4v) is 4.72. The first-order chi connectivity index (χ1) is 13.3. The predicted molar refractivity (Wildman–Crippen MR) is 116 cm³/mol. The van der Waals surface area contributed by atoms with Crippen LogP contribution in [0.5, 0.6) is 11.5 Å². The van der Waals surface area contributed by atoms with E-state index in [4.69, 9.17) is 9.47 Å². The summed E-state index contributed by atoms with van der Waals surface area (Å²) in [5, 5.41) is 4.00. The Kier molecular flexibility index (Phi) is 6.10. The number of nitrogens with one attached hydrogen (secondary N) is 1. The molecule has 8 heteroatoms. The number of thiazole rings is 1. The van der Waals surface area contributed by atoms with E-state index in [1.807, 2.05) is 64.0 Å². The highest BCUT2D eigenvalue weighted by atomic mass is 32.1. The van der Waals surface area contributed by atoms with E-state index in [0.29, 0.717) is 16.4 Å². The lowest BCUT2D eigenvalue weighted by molar-refractivity contribution is 0.0944. The molecule has 3 aromatic rings. The number of benzene rings is 1. The quantitative estimate of drug-likeness (QED) is 0.601. The molecule has 0 saturated carbocycles. The molecule has 1 unspecified atom stereocenters. The number of aromatic nitrogens is 1. The standard InChI is InChI=1S/C20H25N3O3S2/c1-11(2)26-14-8-7-13(9-15(14)25-6)12(3)21-18(24)16-10-17-19(27-16)22-20(28-17)23(4)5/h7-12H,1-6H3,(H,21,24). The third-order valence-electron chi connectivity index (χ3n) is 4.08. The van der Waals surface area contributed by atoms with Crippen LogP contribution in [0.25, 0.3) is 9.53 Å². The number of thiophene rings is 1. The van der Waals surface area contributed by atoms with Crippen molar-refractivity contribution in [2.45, 2.75) is 32.9 Å². The number of fused-ring (bicyclic) bond motifs is 1. The van der Waals surface area contributed by atoms with Crippen molar-refractivity contribution in [1.82, 2.24) is 10.3 Å². The maximum atomic E-state index is 12.7. The summed E-state index contributed by atoms with van der Waals surface area (Å²) in [5.41, 5.74) is 0.952. The number of ether oxygens (including phenoxy) is 2. The first-order valence-electron chi connectivity index (χ1n) is 9.01. The molecule has 2 aromatic heterocycles. The summed E-state index contributed by atoms with van der Waals surface area (Å²) >= 11 is 3.00. The molecule has 1 aromatic carbocycles. The zero-order valence-electron chi connectivity index (χ0n) is 16.9. The Morgan fingerprint density at radius 3 is 2.50 bits per heavy atom. The van der Waals surface area contributed by atoms with Gasteiger partial charge in [-0.25, -0.2) is 4.98 Å². The molecule has 0 aliphatic heterocycles. The molecule has 2 heterocycles. The lowest BCUT2D eigenvalue weighted by atomic mass is 10.1. The summed E-state index contributed by atoms with van der Waals surface area (Å²) < 4.78 is 12.2. The summed E-state index contributed by atoms with van der Waals surface area (Å²) in [5.74, 6) is 1.25. The van der Waals surface area contributed by atoms with Crippen molar-refractivity contribution in [3.63, 3.8) is 0 Å². The normalized spacial score (nSPS) is 12.2. The fourth-order valence-electron chi connectivity index (χ4n) is 2.68. The molecule has 0 fully saturated rings. The zero-order chi connectivity index (χ0) is 20.4.